The maximum absolute atomic E-state index is 13.7. The van der Waals surface area contributed by atoms with Crippen LogP contribution in [0, 0.1) is 0 Å². The molecule has 0 unspecified atom stereocenters. The molecule has 0 saturated carbocycles. The molecule has 6 nitrogen and oxygen atoms in total. The fraction of sp³-hybridized carbons (Fsp3) is 0.731. The summed E-state index contributed by atoms with van der Waals surface area (Å²) in [7, 11) is -2.58. The number of carbonyl (C=O) groups is 1. The van der Waals surface area contributed by atoms with Crippen LogP contribution in [-0.2, 0) is 16.4 Å². The van der Waals surface area contributed by atoms with Crippen molar-refractivity contribution in [2.75, 3.05) is 20.2 Å². The molecule has 0 radical (unpaired) electrons. The summed E-state index contributed by atoms with van der Waals surface area (Å²) in [5, 5.41) is 3.10. The smallest absolute Gasteiger partial charge is 0.331 e. The third kappa shape index (κ3) is 9.65. The van der Waals surface area contributed by atoms with Gasteiger partial charge in [-0.2, -0.15) is 0 Å². The molecule has 0 bridgehead atoms. The van der Waals surface area contributed by atoms with Crippen LogP contribution in [0.3, 0.4) is 0 Å². The minimum Gasteiger partial charge on any atom is -0.495 e. The first kappa shape index (κ1) is 30.6. The fourth-order valence-corrected chi connectivity index (χ4v) is 5.93. The van der Waals surface area contributed by atoms with E-state index in [-0.39, 0.29) is 11.4 Å². The summed E-state index contributed by atoms with van der Waals surface area (Å²) in [4.78, 5) is 13.0. The van der Waals surface area contributed by atoms with Gasteiger partial charge in [0.05, 0.1) is 17.0 Å². The van der Waals surface area contributed by atoms with Crippen LogP contribution in [0.15, 0.2) is 17.0 Å². The van der Waals surface area contributed by atoms with Crippen molar-refractivity contribution in [1.29, 1.82) is 0 Å². The number of halogens is 1. The van der Waals surface area contributed by atoms with Gasteiger partial charge in [-0.1, -0.05) is 96.6 Å². The van der Waals surface area contributed by atoms with Gasteiger partial charge >= 0.3 is 6.03 Å². The highest BCUT2D eigenvalue weighted by molar-refractivity contribution is 7.89. The molecule has 1 aromatic carbocycles. The lowest BCUT2D eigenvalue weighted by Gasteiger charge is -2.25. The first-order chi connectivity index (χ1) is 16.3. The largest absolute Gasteiger partial charge is 0.495 e. The predicted octanol–water partition coefficient (Wildman–Crippen LogP) is 7.33. The van der Waals surface area contributed by atoms with E-state index in [1.807, 2.05) is 13.8 Å². The molecule has 1 aromatic rings. The highest BCUT2D eigenvalue weighted by Crippen LogP contribution is 2.35. The van der Waals surface area contributed by atoms with Crippen molar-refractivity contribution in [3.63, 3.8) is 0 Å². The van der Waals surface area contributed by atoms with E-state index < -0.39 is 16.1 Å². The summed E-state index contributed by atoms with van der Waals surface area (Å²) in [5.41, 5.74) is 0.522. The van der Waals surface area contributed by atoms with Gasteiger partial charge in [-0.25, -0.2) is 17.5 Å². The van der Waals surface area contributed by atoms with Crippen molar-refractivity contribution < 1.29 is 17.9 Å². The van der Waals surface area contributed by atoms with Crippen LogP contribution in [0.4, 0.5) is 4.79 Å². The Hall–Kier alpha value is -1.47. The topological polar surface area (TPSA) is 75.7 Å². The van der Waals surface area contributed by atoms with E-state index in [9.17, 15) is 13.2 Å². The molecule has 0 spiro atoms. The molecule has 1 rings (SSSR count). The third-order valence-corrected chi connectivity index (χ3v) is 8.07. The summed E-state index contributed by atoms with van der Waals surface area (Å²) < 4.78 is 33.8. The highest BCUT2D eigenvalue weighted by atomic mass is 35.5. The molecule has 1 N–H and O–H groups in total. The minimum atomic E-state index is -4.06. The van der Waals surface area contributed by atoms with Gasteiger partial charge in [0.25, 0.3) is 10.0 Å². The second-order valence-electron chi connectivity index (χ2n) is 8.80. The number of urea groups is 1. The van der Waals surface area contributed by atoms with Gasteiger partial charge in [0.1, 0.15) is 5.75 Å². The van der Waals surface area contributed by atoms with Crippen molar-refractivity contribution in [2.24, 2.45) is 0 Å². The zero-order chi connectivity index (χ0) is 25.4. The molecule has 2 amide bonds. The maximum Gasteiger partial charge on any atom is 0.331 e. The molecule has 196 valence electrons. The minimum absolute atomic E-state index is 0.0920. The number of nitrogens with zero attached hydrogens (tertiary/aromatic N) is 1. The van der Waals surface area contributed by atoms with E-state index in [4.69, 9.17) is 16.3 Å². The van der Waals surface area contributed by atoms with Crippen molar-refractivity contribution in [1.82, 2.24) is 9.62 Å². The Morgan fingerprint density at radius 3 is 2.03 bits per heavy atom. The van der Waals surface area contributed by atoms with Crippen LogP contribution < -0.4 is 10.1 Å². The van der Waals surface area contributed by atoms with Crippen molar-refractivity contribution in [2.45, 2.75) is 109 Å². The summed E-state index contributed by atoms with van der Waals surface area (Å²) in [6, 6.07) is 2.44. The van der Waals surface area contributed by atoms with Gasteiger partial charge in [0, 0.05) is 18.7 Å². The van der Waals surface area contributed by atoms with Crippen molar-refractivity contribution in [3.05, 3.63) is 22.7 Å². The average Bonchev–Trinajstić information content (AvgIpc) is 2.81. The zero-order valence-electron chi connectivity index (χ0n) is 21.6. The first-order valence-electron chi connectivity index (χ1n) is 13.0. The second-order valence-corrected chi connectivity index (χ2v) is 11.0. The van der Waals surface area contributed by atoms with Crippen LogP contribution in [0.2, 0.25) is 5.02 Å². The zero-order valence-corrected chi connectivity index (χ0v) is 23.2. The summed E-state index contributed by atoms with van der Waals surface area (Å²) in [6.45, 7) is 6.71. The second kappa shape index (κ2) is 17.0. The number of hydrogen-bond acceptors (Lipinski definition) is 4. The number of sulfonamides is 1. The van der Waals surface area contributed by atoms with E-state index in [1.54, 1.807) is 0 Å². The number of ether oxygens (including phenoxy) is 1. The Morgan fingerprint density at radius 2 is 1.50 bits per heavy atom. The molecule has 0 aliphatic rings. The summed E-state index contributed by atoms with van der Waals surface area (Å²) in [5.74, 6) is 0.359. The SMILES string of the molecule is CCCCCCCCCCCCN(C(=O)NCCC)S(=O)(=O)c1ccc(Cl)c(OC)c1CCC. The van der Waals surface area contributed by atoms with Crippen LogP contribution in [0.25, 0.3) is 0 Å². The molecule has 0 saturated heterocycles. The first-order valence-corrected chi connectivity index (χ1v) is 14.8. The number of nitrogens with one attached hydrogen (secondary N) is 1. The van der Waals surface area contributed by atoms with Gasteiger partial charge < -0.3 is 10.1 Å². The Kier molecular flexibility index (Phi) is 15.3. The molecule has 0 aromatic heterocycles. The van der Waals surface area contributed by atoms with Crippen molar-refractivity contribution >= 4 is 27.7 Å². The molecule has 0 aliphatic carbocycles. The monoisotopic (exact) mass is 516 g/mol. The lowest BCUT2D eigenvalue weighted by Crippen LogP contribution is -2.44. The number of amides is 2. The Morgan fingerprint density at radius 1 is 0.912 bits per heavy atom. The van der Waals surface area contributed by atoms with E-state index in [0.717, 1.165) is 36.4 Å². The number of carbonyl (C=O) groups excluding carboxylic acids is 1. The molecule has 0 aliphatic heterocycles. The fourth-order valence-electron chi connectivity index (χ4n) is 4.04. The van der Waals surface area contributed by atoms with E-state index in [1.165, 1.54) is 57.8 Å². The molecular weight excluding hydrogens is 472 g/mol. The van der Waals surface area contributed by atoms with Crippen LogP contribution in [0.5, 0.6) is 5.75 Å². The van der Waals surface area contributed by atoms with E-state index >= 15 is 0 Å². The quantitative estimate of drug-likeness (QED) is 0.207. The number of benzene rings is 1. The van der Waals surface area contributed by atoms with Gasteiger partial charge in [0.2, 0.25) is 0 Å². The Labute approximate surface area is 212 Å². The Bertz CT molecular complexity index is 830. The van der Waals surface area contributed by atoms with Gasteiger partial charge in [0.15, 0.2) is 0 Å². The van der Waals surface area contributed by atoms with Gasteiger partial charge in [-0.15, -0.1) is 0 Å². The molecule has 0 atom stereocenters. The molecule has 34 heavy (non-hydrogen) atoms. The number of rotatable bonds is 18. The average molecular weight is 517 g/mol. The maximum atomic E-state index is 13.7. The summed E-state index contributed by atoms with van der Waals surface area (Å²) in [6.07, 6.45) is 13.3. The summed E-state index contributed by atoms with van der Waals surface area (Å²) >= 11 is 6.26. The highest BCUT2D eigenvalue weighted by Gasteiger charge is 2.32. The molecule has 0 fully saturated rings. The number of methoxy groups -OCH3 is 1. The van der Waals surface area contributed by atoms with Gasteiger partial charge in [-0.3, -0.25) is 0 Å². The van der Waals surface area contributed by atoms with Crippen LogP contribution in [-0.4, -0.2) is 39.0 Å². The number of unbranched alkanes of at least 4 members (excludes halogenated alkanes) is 9. The standard InChI is InChI=1S/C26H45ClN2O4S/c1-5-8-9-10-11-12-13-14-15-16-21-29(26(30)28-20-7-3)34(31,32)24-19-18-23(27)25(33-4)22(24)17-6-2/h18-19H,5-17,20-21H2,1-4H3,(H,28,30). The normalized spacial score (nSPS) is 11.4. The van der Waals surface area contributed by atoms with Crippen molar-refractivity contribution in [3.8, 4) is 5.75 Å². The van der Waals surface area contributed by atoms with Gasteiger partial charge in [-0.05, 0) is 31.4 Å². The lowest BCUT2D eigenvalue weighted by atomic mass is 10.1. The molecular formula is C26H45ClN2O4S. The lowest BCUT2D eigenvalue weighted by molar-refractivity contribution is 0.222. The third-order valence-electron chi connectivity index (χ3n) is 5.91. The van der Waals surface area contributed by atoms with E-state index in [2.05, 4.69) is 12.2 Å². The Balaban J connectivity index is 2.91. The number of hydrogen-bond donors (Lipinski definition) is 1. The van der Waals surface area contributed by atoms with Crippen LogP contribution in [0.1, 0.15) is 103 Å². The predicted molar refractivity (Wildman–Crippen MR) is 141 cm³/mol. The van der Waals surface area contributed by atoms with Crippen LogP contribution >= 0.6 is 11.6 Å². The molecule has 8 heteroatoms. The molecule has 0 heterocycles. The van der Waals surface area contributed by atoms with E-state index in [0.29, 0.717) is 35.7 Å².